The molecule has 4 aliphatic rings. The van der Waals surface area contributed by atoms with Crippen LogP contribution in [0.4, 0.5) is 5.69 Å². The predicted octanol–water partition coefficient (Wildman–Crippen LogP) is 5.58. The van der Waals surface area contributed by atoms with Crippen molar-refractivity contribution in [2.75, 3.05) is 19.0 Å². The molecule has 1 N–H and O–H groups in total. The Bertz CT molecular complexity index is 1070. The van der Waals surface area contributed by atoms with E-state index in [9.17, 15) is 9.90 Å². The number of fused-ring (bicyclic) bond motifs is 4. The molecular weight excluding hydrogens is 418 g/mol. The summed E-state index contributed by atoms with van der Waals surface area (Å²) in [5.41, 5.74) is 5.37. The van der Waals surface area contributed by atoms with Gasteiger partial charge in [-0.15, -0.1) is 0 Å². The molecule has 0 saturated heterocycles. The molecule has 32 heavy (non-hydrogen) atoms. The number of hydrogen-bond donors (Lipinski definition) is 1. The topological polar surface area (TPSA) is 40.5 Å². The van der Waals surface area contributed by atoms with Crippen LogP contribution in [-0.4, -0.2) is 30.6 Å². The number of hydrogen-bond acceptors (Lipinski definition) is 3. The molecule has 5 atom stereocenters. The fraction of sp³-hybridized carbons (Fsp3) is 0.536. The zero-order valence-corrected chi connectivity index (χ0v) is 20.0. The Morgan fingerprint density at radius 3 is 2.56 bits per heavy atom. The molecule has 4 aliphatic carbocycles. The highest BCUT2D eigenvalue weighted by molar-refractivity contribution is 6.30. The standard InChI is InChI=1S/C28H32ClNO2/c1-27-17-24(18-4-7-20(8-5-18)30(2)3)26-22-11-9-21(31)16-19(22)6-10-23(26)25(27)12-13-28(27,32)14-15-29/h4-5,7-8,16,23-25,32H,6,9-13,17H2,1-3H3/t23-,24+,25-,27-,28+/m0/s1. The molecule has 1 aromatic carbocycles. The van der Waals surface area contributed by atoms with Gasteiger partial charge >= 0.3 is 0 Å². The SMILES string of the molecule is CN(C)c1ccc([C@H]2C[C@@]3(C)[C@@H](CC[C@@]3(O)C#CCl)[C@@H]3CCC4=CC(=O)CCC4=C32)cc1. The van der Waals surface area contributed by atoms with E-state index >= 15 is 0 Å². The number of anilines is 1. The molecule has 2 saturated carbocycles. The average Bonchev–Trinajstić information content (AvgIpc) is 3.03. The van der Waals surface area contributed by atoms with Crippen molar-refractivity contribution in [2.24, 2.45) is 17.3 Å². The number of carbonyl (C=O) groups is 1. The molecular formula is C28H32ClNO2. The van der Waals surface area contributed by atoms with Crippen molar-refractivity contribution >= 4 is 23.1 Å². The van der Waals surface area contributed by atoms with Gasteiger partial charge in [-0.1, -0.05) is 30.6 Å². The van der Waals surface area contributed by atoms with Crippen LogP contribution in [0.5, 0.6) is 0 Å². The summed E-state index contributed by atoms with van der Waals surface area (Å²) in [6.07, 6.45) is 7.92. The van der Waals surface area contributed by atoms with Crippen LogP contribution in [0.15, 0.2) is 47.1 Å². The summed E-state index contributed by atoms with van der Waals surface area (Å²) in [5.74, 6) is 4.32. The summed E-state index contributed by atoms with van der Waals surface area (Å²) in [6.45, 7) is 2.24. The van der Waals surface area contributed by atoms with Gasteiger partial charge in [0.15, 0.2) is 5.78 Å². The third-order valence-electron chi connectivity index (χ3n) is 8.95. The minimum absolute atomic E-state index is 0.228. The van der Waals surface area contributed by atoms with Crippen LogP contribution in [0.25, 0.3) is 0 Å². The quantitative estimate of drug-likeness (QED) is 0.599. The van der Waals surface area contributed by atoms with E-state index in [1.807, 2.05) is 6.08 Å². The minimum Gasteiger partial charge on any atom is -0.378 e. The maximum Gasteiger partial charge on any atom is 0.156 e. The second-order valence-corrected chi connectivity index (χ2v) is 10.8. The normalized spacial score (nSPS) is 35.8. The van der Waals surface area contributed by atoms with Gasteiger partial charge in [0.05, 0.1) is 0 Å². The van der Waals surface area contributed by atoms with Gasteiger partial charge < -0.3 is 10.0 Å². The molecule has 0 amide bonds. The van der Waals surface area contributed by atoms with Crippen molar-refractivity contribution in [3.05, 3.63) is 52.6 Å². The smallest absolute Gasteiger partial charge is 0.156 e. The van der Waals surface area contributed by atoms with Gasteiger partial charge in [-0.25, -0.2) is 0 Å². The van der Waals surface area contributed by atoms with Gasteiger partial charge in [-0.3, -0.25) is 4.79 Å². The van der Waals surface area contributed by atoms with E-state index < -0.39 is 5.60 Å². The van der Waals surface area contributed by atoms with E-state index in [0.29, 0.717) is 24.7 Å². The molecule has 4 heteroatoms. The van der Waals surface area contributed by atoms with Crippen molar-refractivity contribution in [3.63, 3.8) is 0 Å². The molecule has 3 nitrogen and oxygen atoms in total. The van der Waals surface area contributed by atoms with Crippen LogP contribution in [0.2, 0.25) is 0 Å². The van der Waals surface area contributed by atoms with Gasteiger partial charge in [0.2, 0.25) is 0 Å². The first kappa shape index (κ1) is 21.8. The summed E-state index contributed by atoms with van der Waals surface area (Å²) in [7, 11) is 4.12. The van der Waals surface area contributed by atoms with Crippen molar-refractivity contribution in [3.8, 4) is 11.3 Å². The average molecular weight is 450 g/mol. The fourth-order valence-electron chi connectivity index (χ4n) is 7.25. The largest absolute Gasteiger partial charge is 0.378 e. The van der Waals surface area contributed by atoms with Crippen LogP contribution in [0.1, 0.15) is 63.4 Å². The second-order valence-electron chi connectivity index (χ2n) is 10.6. The number of rotatable bonds is 2. The molecule has 0 aliphatic heterocycles. The number of carbonyl (C=O) groups excluding carboxylic acids is 1. The highest BCUT2D eigenvalue weighted by atomic mass is 35.5. The summed E-state index contributed by atoms with van der Waals surface area (Å²) < 4.78 is 0. The Balaban J connectivity index is 1.67. The molecule has 168 valence electrons. The lowest BCUT2D eigenvalue weighted by atomic mass is 9.51. The maximum atomic E-state index is 12.2. The number of benzene rings is 1. The summed E-state index contributed by atoms with van der Waals surface area (Å²) >= 11 is 5.83. The lowest BCUT2D eigenvalue weighted by Crippen LogP contribution is -2.51. The van der Waals surface area contributed by atoms with E-state index in [1.165, 1.54) is 28.0 Å². The van der Waals surface area contributed by atoms with Crippen molar-refractivity contribution in [2.45, 2.75) is 63.4 Å². The number of aliphatic hydroxyl groups is 1. The first-order valence-electron chi connectivity index (χ1n) is 11.9. The fourth-order valence-corrected chi connectivity index (χ4v) is 7.41. The summed E-state index contributed by atoms with van der Waals surface area (Å²) in [6, 6.07) is 8.88. The van der Waals surface area contributed by atoms with Crippen LogP contribution in [-0.2, 0) is 4.79 Å². The Morgan fingerprint density at radius 1 is 1.12 bits per heavy atom. The van der Waals surface area contributed by atoms with Crippen LogP contribution >= 0.6 is 11.6 Å². The zero-order valence-electron chi connectivity index (χ0n) is 19.2. The Morgan fingerprint density at radius 2 is 1.88 bits per heavy atom. The van der Waals surface area contributed by atoms with Gasteiger partial charge in [0.25, 0.3) is 0 Å². The molecule has 0 unspecified atom stereocenters. The number of ketones is 1. The molecule has 1 aromatic rings. The van der Waals surface area contributed by atoms with Gasteiger partial charge in [-0.2, -0.15) is 0 Å². The second kappa shape index (κ2) is 7.79. The predicted molar refractivity (Wildman–Crippen MR) is 130 cm³/mol. The Kier molecular flexibility index (Phi) is 5.31. The Hall–Kier alpha value is -2.02. The Labute approximate surface area is 196 Å². The molecule has 0 radical (unpaired) electrons. The summed E-state index contributed by atoms with van der Waals surface area (Å²) in [5, 5.41) is 14.2. The van der Waals surface area contributed by atoms with Crippen LogP contribution in [0.3, 0.4) is 0 Å². The molecule has 0 heterocycles. The van der Waals surface area contributed by atoms with Crippen molar-refractivity contribution in [1.82, 2.24) is 0 Å². The minimum atomic E-state index is -1.05. The van der Waals surface area contributed by atoms with E-state index in [2.05, 4.69) is 61.5 Å². The molecule has 2 fully saturated rings. The van der Waals surface area contributed by atoms with E-state index in [0.717, 1.165) is 32.1 Å². The first-order valence-corrected chi connectivity index (χ1v) is 12.2. The van der Waals surface area contributed by atoms with Crippen LogP contribution in [0, 0.1) is 28.6 Å². The highest BCUT2D eigenvalue weighted by Gasteiger charge is 2.62. The zero-order chi connectivity index (χ0) is 22.7. The molecule has 5 rings (SSSR count). The number of halogens is 1. The van der Waals surface area contributed by atoms with Gasteiger partial charge in [0, 0.05) is 42.9 Å². The van der Waals surface area contributed by atoms with E-state index in [-0.39, 0.29) is 17.1 Å². The summed E-state index contributed by atoms with van der Waals surface area (Å²) in [4.78, 5) is 14.3. The van der Waals surface area contributed by atoms with Crippen LogP contribution < -0.4 is 4.90 Å². The third kappa shape index (κ3) is 3.18. The molecule has 0 spiro atoms. The molecule has 0 aromatic heterocycles. The third-order valence-corrected chi connectivity index (χ3v) is 9.05. The van der Waals surface area contributed by atoms with E-state index in [1.54, 1.807) is 0 Å². The number of nitrogens with zero attached hydrogens (tertiary/aromatic N) is 1. The number of allylic oxidation sites excluding steroid dienone is 4. The van der Waals surface area contributed by atoms with Gasteiger partial charge in [-0.05, 0) is 96.9 Å². The maximum absolute atomic E-state index is 12.2. The lowest BCUT2D eigenvalue weighted by molar-refractivity contribution is -0.114. The monoisotopic (exact) mass is 449 g/mol. The van der Waals surface area contributed by atoms with E-state index in [4.69, 9.17) is 11.6 Å². The van der Waals surface area contributed by atoms with Crippen molar-refractivity contribution in [1.29, 1.82) is 0 Å². The highest BCUT2D eigenvalue weighted by Crippen LogP contribution is 2.66. The van der Waals surface area contributed by atoms with Gasteiger partial charge in [0.1, 0.15) is 5.60 Å². The molecule has 0 bridgehead atoms. The lowest BCUT2D eigenvalue weighted by Gasteiger charge is -2.53. The first-order chi connectivity index (χ1) is 15.3. The van der Waals surface area contributed by atoms with Crippen molar-refractivity contribution < 1.29 is 9.90 Å².